The van der Waals surface area contributed by atoms with Crippen molar-refractivity contribution >= 4 is 23.6 Å². The molecule has 0 bridgehead atoms. The van der Waals surface area contributed by atoms with Crippen molar-refractivity contribution in [1.82, 2.24) is 30.7 Å². The summed E-state index contributed by atoms with van der Waals surface area (Å²) in [6.45, 7) is 0.217. The van der Waals surface area contributed by atoms with Gasteiger partial charge in [0.15, 0.2) is 5.69 Å². The number of nitrogens with one attached hydrogen (secondary N) is 2. The molecule has 0 saturated heterocycles. The van der Waals surface area contributed by atoms with Crippen molar-refractivity contribution in [2.75, 3.05) is 11.1 Å². The summed E-state index contributed by atoms with van der Waals surface area (Å²) in [5.74, 6) is -0.373. The molecule has 0 aliphatic rings. The minimum atomic E-state index is -0.534. The minimum Gasteiger partial charge on any atom is -0.379 e. The molecular weight excluding hydrogens is 386 g/mol. The average molecular weight is 403 g/mol. The van der Waals surface area contributed by atoms with E-state index in [-0.39, 0.29) is 23.9 Å². The number of hydrogen-bond donors (Lipinski definition) is 3. The zero-order valence-electron chi connectivity index (χ0n) is 15.6. The maximum atomic E-state index is 12.7. The van der Waals surface area contributed by atoms with Gasteiger partial charge in [0.05, 0.1) is 18.5 Å². The molecule has 0 unspecified atom stereocenters. The Bertz CT molecular complexity index is 1150. The van der Waals surface area contributed by atoms with Crippen molar-refractivity contribution in [2.24, 2.45) is 5.10 Å². The van der Waals surface area contributed by atoms with Crippen molar-refractivity contribution in [3.63, 3.8) is 0 Å². The van der Waals surface area contributed by atoms with Crippen LogP contribution in [0.4, 0.5) is 11.5 Å². The maximum Gasteiger partial charge on any atom is 0.293 e. The molecule has 11 heteroatoms. The van der Waals surface area contributed by atoms with Gasteiger partial charge in [0, 0.05) is 5.69 Å². The third-order valence-electron chi connectivity index (χ3n) is 4.09. The Kier molecular flexibility index (Phi) is 5.42. The fourth-order valence-electron chi connectivity index (χ4n) is 2.64. The highest BCUT2D eigenvalue weighted by Gasteiger charge is 2.23. The number of carbonyl (C=O) groups is 1. The number of nitrogens with zero attached hydrogens (tertiary/aromatic N) is 6. The molecule has 0 spiro atoms. The topological polar surface area (TPSA) is 149 Å². The van der Waals surface area contributed by atoms with Crippen LogP contribution in [0.1, 0.15) is 21.7 Å². The molecule has 4 N–H and O–H groups in total. The Balaban J connectivity index is 1.58. The third kappa shape index (κ3) is 4.14. The van der Waals surface area contributed by atoms with Crippen LogP contribution in [0.3, 0.4) is 0 Å². The number of amides is 1. The predicted molar refractivity (Wildman–Crippen MR) is 109 cm³/mol. The summed E-state index contributed by atoms with van der Waals surface area (Å²) in [5, 5.41) is 22.4. The van der Waals surface area contributed by atoms with Crippen LogP contribution >= 0.6 is 0 Å². The van der Waals surface area contributed by atoms with Gasteiger partial charge in [0.2, 0.25) is 11.6 Å². The molecule has 0 aliphatic carbocycles. The molecule has 0 radical (unpaired) electrons. The van der Waals surface area contributed by atoms with Crippen molar-refractivity contribution in [2.45, 2.75) is 6.54 Å². The molecular formula is C19H17N9O2. The molecule has 0 atom stereocenters. The SMILES string of the molecule is Nc1nonc1-n1nnc(C(=O)N/N=C/c2ccccc2)c1CNc1ccccc1. The summed E-state index contributed by atoms with van der Waals surface area (Å²) in [7, 11) is 0. The highest BCUT2D eigenvalue weighted by atomic mass is 16.6. The molecule has 4 rings (SSSR count). The molecule has 1 amide bonds. The number of nitrogen functional groups attached to an aromatic ring is 1. The zero-order chi connectivity index (χ0) is 20.8. The van der Waals surface area contributed by atoms with E-state index in [1.165, 1.54) is 10.9 Å². The van der Waals surface area contributed by atoms with Gasteiger partial charge in [0.1, 0.15) is 0 Å². The molecule has 2 aromatic heterocycles. The first-order valence-electron chi connectivity index (χ1n) is 8.92. The molecule has 0 saturated carbocycles. The first kappa shape index (κ1) is 18.8. The fourth-order valence-corrected chi connectivity index (χ4v) is 2.64. The number of rotatable bonds is 7. The third-order valence-corrected chi connectivity index (χ3v) is 4.09. The van der Waals surface area contributed by atoms with Crippen LogP contribution in [0.15, 0.2) is 70.4 Å². The lowest BCUT2D eigenvalue weighted by molar-refractivity contribution is 0.0949. The second kappa shape index (κ2) is 8.65. The summed E-state index contributed by atoms with van der Waals surface area (Å²) < 4.78 is 5.95. The van der Waals surface area contributed by atoms with Gasteiger partial charge >= 0.3 is 0 Å². The number of hydrogen-bond acceptors (Lipinski definition) is 9. The van der Waals surface area contributed by atoms with E-state index in [0.29, 0.717) is 5.69 Å². The number of benzene rings is 2. The van der Waals surface area contributed by atoms with E-state index in [9.17, 15) is 4.79 Å². The zero-order valence-corrected chi connectivity index (χ0v) is 15.6. The summed E-state index contributed by atoms with van der Waals surface area (Å²) in [6.07, 6.45) is 1.53. The van der Waals surface area contributed by atoms with Gasteiger partial charge in [-0.15, -0.1) is 5.10 Å². The van der Waals surface area contributed by atoms with Crippen LogP contribution in [0.2, 0.25) is 0 Å². The molecule has 2 heterocycles. The first-order valence-corrected chi connectivity index (χ1v) is 8.92. The second-order valence-corrected chi connectivity index (χ2v) is 6.10. The van der Waals surface area contributed by atoms with Crippen molar-refractivity contribution in [3.05, 3.63) is 77.6 Å². The van der Waals surface area contributed by atoms with Gasteiger partial charge in [-0.05, 0) is 28.0 Å². The lowest BCUT2D eigenvalue weighted by Gasteiger charge is -2.08. The van der Waals surface area contributed by atoms with Crippen LogP contribution in [-0.2, 0) is 6.54 Å². The number of carbonyl (C=O) groups excluding carboxylic acids is 1. The monoisotopic (exact) mass is 403 g/mol. The second-order valence-electron chi connectivity index (χ2n) is 6.10. The van der Waals surface area contributed by atoms with Crippen molar-refractivity contribution < 1.29 is 9.42 Å². The van der Waals surface area contributed by atoms with Crippen LogP contribution in [0.25, 0.3) is 5.82 Å². The van der Waals surface area contributed by atoms with E-state index < -0.39 is 5.91 Å². The van der Waals surface area contributed by atoms with E-state index in [4.69, 9.17) is 5.73 Å². The van der Waals surface area contributed by atoms with Crippen LogP contribution in [-0.4, -0.2) is 37.4 Å². The fraction of sp³-hybridized carbons (Fsp3) is 0.0526. The van der Waals surface area contributed by atoms with Gasteiger partial charge in [0.25, 0.3) is 5.91 Å². The summed E-state index contributed by atoms with van der Waals surface area (Å²) in [6, 6.07) is 18.8. The number of nitrogens with two attached hydrogens (primary N) is 1. The Morgan fingerprint density at radius 1 is 1.10 bits per heavy atom. The molecule has 4 aromatic rings. The molecule has 150 valence electrons. The highest BCUT2D eigenvalue weighted by Crippen LogP contribution is 2.17. The molecule has 30 heavy (non-hydrogen) atoms. The summed E-state index contributed by atoms with van der Waals surface area (Å²) >= 11 is 0. The van der Waals surface area contributed by atoms with E-state index >= 15 is 0 Å². The van der Waals surface area contributed by atoms with E-state index in [1.54, 1.807) is 0 Å². The predicted octanol–water partition coefficient (Wildman–Crippen LogP) is 1.61. The van der Waals surface area contributed by atoms with Gasteiger partial charge < -0.3 is 11.1 Å². The molecule has 0 fully saturated rings. The van der Waals surface area contributed by atoms with E-state index in [1.807, 2.05) is 60.7 Å². The standard InChI is InChI=1S/C19H17N9O2/c20-17-18(26-30-25-17)28-15(12-21-14-9-5-2-6-10-14)16(23-27-28)19(29)24-22-11-13-7-3-1-4-8-13/h1-11,21H,12H2,(H2,20,25)(H,24,29)/b22-11+. The number of anilines is 2. The molecule has 11 nitrogen and oxygen atoms in total. The number of hydrazone groups is 1. The van der Waals surface area contributed by atoms with Gasteiger partial charge in [-0.3, -0.25) is 4.79 Å². The normalized spacial score (nSPS) is 10.9. The lowest BCUT2D eigenvalue weighted by Crippen LogP contribution is -2.21. The van der Waals surface area contributed by atoms with Crippen LogP contribution in [0, 0.1) is 0 Å². The number of aromatic nitrogens is 5. The Hall–Kier alpha value is -4.54. The lowest BCUT2D eigenvalue weighted by atomic mass is 10.2. The minimum absolute atomic E-state index is 0.0231. The smallest absolute Gasteiger partial charge is 0.293 e. The maximum absolute atomic E-state index is 12.7. The Morgan fingerprint density at radius 2 is 1.83 bits per heavy atom. The summed E-state index contributed by atoms with van der Waals surface area (Å²) in [4.78, 5) is 12.7. The van der Waals surface area contributed by atoms with Crippen molar-refractivity contribution in [1.29, 1.82) is 0 Å². The molecule has 0 aliphatic heterocycles. The van der Waals surface area contributed by atoms with Gasteiger partial charge in [-0.2, -0.15) is 9.78 Å². The van der Waals surface area contributed by atoms with Crippen molar-refractivity contribution in [3.8, 4) is 5.82 Å². The first-order chi connectivity index (χ1) is 14.7. The largest absolute Gasteiger partial charge is 0.379 e. The quantitative estimate of drug-likeness (QED) is 0.311. The van der Waals surface area contributed by atoms with E-state index in [0.717, 1.165) is 11.3 Å². The average Bonchev–Trinajstić information content (AvgIpc) is 3.39. The van der Waals surface area contributed by atoms with Gasteiger partial charge in [-0.25, -0.2) is 10.1 Å². The Labute approximate surface area is 170 Å². The van der Waals surface area contributed by atoms with Gasteiger partial charge in [-0.1, -0.05) is 53.7 Å². The van der Waals surface area contributed by atoms with Crippen LogP contribution in [0.5, 0.6) is 0 Å². The highest BCUT2D eigenvalue weighted by molar-refractivity contribution is 5.94. The summed E-state index contributed by atoms with van der Waals surface area (Å²) in [5.41, 5.74) is 10.4. The molecule has 2 aromatic carbocycles. The number of para-hydroxylation sites is 1. The van der Waals surface area contributed by atoms with Crippen LogP contribution < -0.4 is 16.5 Å². The Morgan fingerprint density at radius 3 is 2.53 bits per heavy atom. The van der Waals surface area contributed by atoms with E-state index in [2.05, 4.69) is 41.1 Å².